The van der Waals surface area contributed by atoms with Crippen molar-refractivity contribution in [2.45, 2.75) is 25.8 Å². The Morgan fingerprint density at radius 2 is 2.00 bits per heavy atom. The summed E-state index contributed by atoms with van der Waals surface area (Å²) in [7, 11) is -3.93. The van der Waals surface area contributed by atoms with Crippen molar-refractivity contribution in [3.8, 4) is 5.88 Å². The van der Waals surface area contributed by atoms with Gasteiger partial charge in [0.05, 0.1) is 10.6 Å². The predicted molar refractivity (Wildman–Crippen MR) is 108 cm³/mol. The highest BCUT2D eigenvalue weighted by molar-refractivity contribution is 7.73. The van der Waals surface area contributed by atoms with Gasteiger partial charge in [0.1, 0.15) is 0 Å². The van der Waals surface area contributed by atoms with Crippen LogP contribution in [0, 0.1) is 3.95 Å². The Hall–Kier alpha value is -1.57. The molecule has 1 aromatic carbocycles. The molecular formula is C17H19N2O4PS2. The molecule has 3 N–H and O–H groups in total. The number of thiazole rings is 1. The number of rotatable bonds is 7. The summed E-state index contributed by atoms with van der Waals surface area (Å²) in [5.74, 6) is 0.125. The molecule has 0 saturated carbocycles. The van der Waals surface area contributed by atoms with Gasteiger partial charge >= 0.3 is 7.60 Å². The van der Waals surface area contributed by atoms with E-state index in [4.69, 9.17) is 22.0 Å². The molecule has 0 atom stereocenters. The summed E-state index contributed by atoms with van der Waals surface area (Å²) in [4.78, 5) is 22.8. The van der Waals surface area contributed by atoms with Crippen LogP contribution in [0.3, 0.4) is 0 Å². The molecule has 0 unspecified atom stereocenters. The fraction of sp³-hybridized carbons (Fsp3) is 0.294. The third-order valence-electron chi connectivity index (χ3n) is 4.07. The van der Waals surface area contributed by atoms with E-state index in [1.165, 1.54) is 11.3 Å². The van der Waals surface area contributed by atoms with E-state index in [-0.39, 0.29) is 12.0 Å². The second kappa shape index (κ2) is 7.98. The normalized spacial score (nSPS) is 14.9. The Kier molecular flexibility index (Phi) is 5.89. The molecule has 6 nitrogen and oxygen atoms in total. The summed E-state index contributed by atoms with van der Waals surface area (Å²) in [6, 6.07) is 7.81. The average molecular weight is 410 g/mol. The van der Waals surface area contributed by atoms with E-state index in [0.29, 0.717) is 34.6 Å². The number of hydrogen-bond acceptors (Lipinski definition) is 5. The number of para-hydroxylation sites is 1. The predicted octanol–water partition coefficient (Wildman–Crippen LogP) is 4.59. The first-order valence-corrected chi connectivity index (χ1v) is 11.2. The number of aliphatic imine (C=N–C) groups is 1. The maximum Gasteiger partial charge on any atom is 0.325 e. The summed E-state index contributed by atoms with van der Waals surface area (Å²) in [6.07, 6.45) is 5.36. The summed E-state index contributed by atoms with van der Waals surface area (Å²) < 4.78 is 13.1. The lowest BCUT2D eigenvalue weighted by Gasteiger charge is -2.06. The van der Waals surface area contributed by atoms with Crippen LogP contribution in [0.2, 0.25) is 0 Å². The SMILES string of the molecule is O=P(O)(O)CCCCCn1c(O)c(/C=C2\C=Nc3ccccc32)sc1=S. The molecule has 0 amide bonds. The van der Waals surface area contributed by atoms with E-state index in [1.54, 1.807) is 10.8 Å². The van der Waals surface area contributed by atoms with Crippen molar-refractivity contribution in [3.63, 3.8) is 0 Å². The van der Waals surface area contributed by atoms with Gasteiger partial charge in [0.25, 0.3) is 0 Å². The minimum absolute atomic E-state index is 0.107. The van der Waals surface area contributed by atoms with Crippen molar-refractivity contribution in [1.29, 1.82) is 0 Å². The van der Waals surface area contributed by atoms with Crippen LogP contribution < -0.4 is 0 Å². The van der Waals surface area contributed by atoms with E-state index in [0.717, 1.165) is 16.8 Å². The van der Waals surface area contributed by atoms with Gasteiger partial charge in [-0.1, -0.05) is 24.6 Å². The maximum absolute atomic E-state index is 10.8. The molecule has 9 heteroatoms. The lowest BCUT2D eigenvalue weighted by Crippen LogP contribution is -1.98. The standard InChI is InChI=1S/C17H19N2O4PS2/c20-16-15(10-12-11-18-14-7-3-2-6-13(12)14)26-17(25)19(16)8-4-1-5-9-24(21,22)23/h2-3,6-7,10-11,20H,1,4-5,8-9H2,(H2,21,22,23)/b12-10+. The van der Waals surface area contributed by atoms with Gasteiger partial charge in [-0.2, -0.15) is 0 Å². The Bertz CT molecular complexity index is 971. The highest BCUT2D eigenvalue weighted by atomic mass is 32.1. The van der Waals surface area contributed by atoms with Crippen LogP contribution in [-0.4, -0.2) is 31.8 Å². The summed E-state index contributed by atoms with van der Waals surface area (Å²) >= 11 is 6.69. The monoisotopic (exact) mass is 410 g/mol. The van der Waals surface area contributed by atoms with Gasteiger partial charge in [-0.05, 0) is 37.2 Å². The zero-order chi connectivity index (χ0) is 18.7. The van der Waals surface area contributed by atoms with Gasteiger partial charge in [0.15, 0.2) is 3.95 Å². The quantitative estimate of drug-likeness (QED) is 0.353. The molecule has 0 spiro atoms. The zero-order valence-corrected chi connectivity index (χ0v) is 16.4. The Morgan fingerprint density at radius 1 is 1.23 bits per heavy atom. The average Bonchev–Trinajstić information content (AvgIpc) is 3.10. The fourth-order valence-electron chi connectivity index (χ4n) is 2.77. The molecule has 1 aromatic heterocycles. The van der Waals surface area contributed by atoms with Crippen molar-refractivity contribution in [2.24, 2.45) is 4.99 Å². The topological polar surface area (TPSA) is 95.0 Å². The Balaban J connectivity index is 1.69. The van der Waals surface area contributed by atoms with Gasteiger partial charge in [0.2, 0.25) is 5.88 Å². The molecule has 0 saturated heterocycles. The zero-order valence-electron chi connectivity index (χ0n) is 13.9. The van der Waals surface area contributed by atoms with E-state index >= 15 is 0 Å². The molecule has 26 heavy (non-hydrogen) atoms. The Labute approximate surface area is 160 Å². The van der Waals surface area contributed by atoms with Gasteiger partial charge in [-0.3, -0.25) is 14.1 Å². The molecule has 1 aliphatic heterocycles. The smallest absolute Gasteiger partial charge is 0.325 e. The summed E-state index contributed by atoms with van der Waals surface area (Å²) in [6.45, 7) is 0.524. The van der Waals surface area contributed by atoms with E-state index < -0.39 is 7.60 Å². The van der Waals surface area contributed by atoms with Crippen molar-refractivity contribution in [3.05, 3.63) is 38.7 Å². The van der Waals surface area contributed by atoms with Crippen LogP contribution in [0.4, 0.5) is 5.69 Å². The largest absolute Gasteiger partial charge is 0.493 e. The van der Waals surface area contributed by atoms with Crippen LogP contribution in [-0.2, 0) is 11.1 Å². The van der Waals surface area contributed by atoms with Crippen LogP contribution in [0.15, 0.2) is 29.3 Å². The number of aromatic nitrogens is 1. The number of aromatic hydroxyl groups is 1. The number of benzene rings is 1. The number of unbranched alkanes of at least 4 members (excludes halogenated alkanes) is 2. The highest BCUT2D eigenvalue weighted by Crippen LogP contribution is 2.37. The fourth-order valence-corrected chi connectivity index (χ4v) is 4.71. The van der Waals surface area contributed by atoms with Gasteiger partial charge < -0.3 is 14.9 Å². The molecule has 0 fully saturated rings. The molecule has 3 rings (SSSR count). The summed E-state index contributed by atoms with van der Waals surface area (Å²) in [5, 5.41) is 10.5. The third kappa shape index (κ3) is 4.58. The molecule has 1 aliphatic rings. The molecule has 0 aliphatic carbocycles. The van der Waals surface area contributed by atoms with Crippen molar-refractivity contribution in [1.82, 2.24) is 4.57 Å². The minimum atomic E-state index is -3.93. The van der Waals surface area contributed by atoms with Gasteiger partial charge in [-0.15, -0.1) is 11.3 Å². The highest BCUT2D eigenvalue weighted by Gasteiger charge is 2.15. The maximum atomic E-state index is 10.8. The molecular weight excluding hydrogens is 391 g/mol. The number of allylic oxidation sites excluding steroid dienone is 1. The first kappa shape index (κ1) is 19.2. The first-order valence-electron chi connectivity index (χ1n) is 8.17. The molecule has 138 valence electrons. The van der Waals surface area contributed by atoms with Crippen LogP contribution in [0.1, 0.15) is 29.7 Å². The lowest BCUT2D eigenvalue weighted by molar-refractivity contribution is 0.369. The van der Waals surface area contributed by atoms with Crippen molar-refractivity contribution in [2.75, 3.05) is 6.16 Å². The van der Waals surface area contributed by atoms with Crippen molar-refractivity contribution < 1.29 is 19.5 Å². The van der Waals surface area contributed by atoms with E-state index in [2.05, 4.69) is 4.99 Å². The van der Waals surface area contributed by atoms with Crippen LogP contribution in [0.25, 0.3) is 11.6 Å². The molecule has 0 bridgehead atoms. The third-order valence-corrected chi connectivity index (χ3v) is 6.35. The first-order chi connectivity index (χ1) is 12.3. The van der Waals surface area contributed by atoms with Crippen LogP contribution >= 0.6 is 31.2 Å². The minimum Gasteiger partial charge on any atom is -0.493 e. The van der Waals surface area contributed by atoms with Gasteiger partial charge in [-0.25, -0.2) is 0 Å². The van der Waals surface area contributed by atoms with Gasteiger partial charge in [0, 0.05) is 30.1 Å². The molecule has 2 heterocycles. The second-order valence-corrected chi connectivity index (χ2v) is 9.48. The summed E-state index contributed by atoms with van der Waals surface area (Å²) in [5.41, 5.74) is 2.86. The lowest BCUT2D eigenvalue weighted by atomic mass is 10.1. The number of nitrogens with zero attached hydrogens (tertiary/aromatic N) is 2. The number of fused-ring (bicyclic) bond motifs is 1. The molecule has 0 radical (unpaired) electrons. The van der Waals surface area contributed by atoms with Crippen molar-refractivity contribution >= 4 is 54.7 Å². The Morgan fingerprint density at radius 3 is 2.77 bits per heavy atom. The molecule has 2 aromatic rings. The van der Waals surface area contributed by atoms with E-state index in [9.17, 15) is 9.67 Å². The number of hydrogen-bond donors (Lipinski definition) is 3. The van der Waals surface area contributed by atoms with Crippen LogP contribution in [0.5, 0.6) is 5.88 Å². The second-order valence-electron chi connectivity index (χ2n) is 6.03. The van der Waals surface area contributed by atoms with E-state index in [1.807, 2.05) is 30.3 Å².